The Morgan fingerprint density at radius 1 is 0.758 bits per heavy atom. The highest BCUT2D eigenvalue weighted by molar-refractivity contribution is 6.12. The van der Waals surface area contributed by atoms with Crippen LogP contribution >= 0.6 is 0 Å². The number of nitrogen functional groups attached to an aromatic ring is 1. The van der Waals surface area contributed by atoms with Crippen LogP contribution in [0.5, 0.6) is 0 Å². The van der Waals surface area contributed by atoms with Gasteiger partial charge in [-0.05, 0) is 48.5 Å². The van der Waals surface area contributed by atoms with Crippen LogP contribution in [0.1, 0.15) is 26.3 Å². The fourth-order valence-electron chi connectivity index (χ4n) is 3.21. The molecule has 4 aromatic rings. The molecule has 0 aliphatic rings. The third kappa shape index (κ3) is 4.69. The lowest BCUT2D eigenvalue weighted by Crippen LogP contribution is -2.13. The van der Waals surface area contributed by atoms with Gasteiger partial charge in [0, 0.05) is 5.56 Å². The summed E-state index contributed by atoms with van der Waals surface area (Å²) in [6, 6.07) is 21.7. The summed E-state index contributed by atoms with van der Waals surface area (Å²) >= 11 is 0. The molecule has 6 nitrogen and oxygen atoms in total. The molecule has 0 saturated heterocycles. The number of aromatic nitrogens is 1. The normalized spacial score (nSPS) is 10.5. The largest absolute Gasteiger partial charge is 0.383 e. The molecule has 0 aliphatic heterocycles. The van der Waals surface area contributed by atoms with Crippen LogP contribution in [0.25, 0.3) is 0 Å². The predicted molar refractivity (Wildman–Crippen MR) is 123 cm³/mol. The first-order valence-electron chi connectivity index (χ1n) is 9.91. The standard InChI is InChI=1S/C25H18F2N4O2/c26-17-9-6-10-18(27)22(17)23(32)16-13-14-21(31-24(16)28)29-19-11-4-5-12-20(19)30-25(33)15-7-2-1-3-8-15/h1-14H,(H,30,33)(H3,28,29,31). The SMILES string of the molecule is Nc1nc(Nc2ccccc2NC(=O)c2ccccc2)ccc1C(=O)c1c(F)cccc1F. The van der Waals surface area contributed by atoms with Gasteiger partial charge in [0.05, 0.1) is 22.5 Å². The number of hydrogen-bond acceptors (Lipinski definition) is 5. The van der Waals surface area contributed by atoms with Crippen molar-refractivity contribution in [3.05, 3.63) is 113 Å². The number of amides is 1. The molecule has 0 aliphatic carbocycles. The van der Waals surface area contributed by atoms with Crippen LogP contribution in [-0.4, -0.2) is 16.7 Å². The average molecular weight is 444 g/mol. The first-order valence-corrected chi connectivity index (χ1v) is 9.91. The van der Waals surface area contributed by atoms with Crippen LogP contribution < -0.4 is 16.4 Å². The molecule has 0 fully saturated rings. The van der Waals surface area contributed by atoms with Crippen molar-refractivity contribution in [1.29, 1.82) is 0 Å². The summed E-state index contributed by atoms with van der Waals surface area (Å²) < 4.78 is 28.0. The van der Waals surface area contributed by atoms with E-state index in [1.165, 1.54) is 18.2 Å². The highest BCUT2D eigenvalue weighted by Crippen LogP contribution is 2.27. The zero-order valence-corrected chi connectivity index (χ0v) is 17.2. The summed E-state index contributed by atoms with van der Waals surface area (Å²) in [5.41, 5.74) is 6.63. The monoisotopic (exact) mass is 444 g/mol. The first-order chi connectivity index (χ1) is 15.9. The number of ketones is 1. The van der Waals surface area contributed by atoms with Gasteiger partial charge in [-0.1, -0.05) is 36.4 Å². The van der Waals surface area contributed by atoms with E-state index in [-0.39, 0.29) is 23.1 Å². The quantitative estimate of drug-likeness (QED) is 0.357. The molecular formula is C25H18F2N4O2. The van der Waals surface area contributed by atoms with E-state index in [0.717, 1.165) is 12.1 Å². The number of benzene rings is 3. The fourth-order valence-corrected chi connectivity index (χ4v) is 3.21. The number of anilines is 4. The molecule has 1 aromatic heterocycles. The van der Waals surface area contributed by atoms with Gasteiger partial charge >= 0.3 is 0 Å². The van der Waals surface area contributed by atoms with Crippen LogP contribution in [0.3, 0.4) is 0 Å². The highest BCUT2D eigenvalue weighted by Gasteiger charge is 2.21. The molecule has 1 amide bonds. The second kappa shape index (κ2) is 9.27. The Hall–Kier alpha value is -4.59. The second-order valence-electron chi connectivity index (χ2n) is 7.05. The van der Waals surface area contributed by atoms with E-state index >= 15 is 0 Å². The Bertz CT molecular complexity index is 1320. The van der Waals surface area contributed by atoms with E-state index < -0.39 is 23.0 Å². The lowest BCUT2D eigenvalue weighted by molar-refractivity contribution is 0.102. The van der Waals surface area contributed by atoms with E-state index in [9.17, 15) is 18.4 Å². The third-order valence-corrected chi connectivity index (χ3v) is 4.83. The number of hydrogen-bond donors (Lipinski definition) is 3. The Balaban J connectivity index is 1.57. The van der Waals surface area contributed by atoms with Gasteiger partial charge in [0.1, 0.15) is 23.3 Å². The number of carbonyl (C=O) groups excluding carboxylic acids is 2. The number of halogens is 2. The molecule has 8 heteroatoms. The van der Waals surface area contributed by atoms with Gasteiger partial charge in [-0.15, -0.1) is 0 Å². The van der Waals surface area contributed by atoms with E-state index in [2.05, 4.69) is 15.6 Å². The minimum Gasteiger partial charge on any atom is -0.383 e. The Labute approximate surface area is 188 Å². The molecule has 0 saturated carbocycles. The molecule has 4 N–H and O–H groups in total. The van der Waals surface area contributed by atoms with E-state index in [4.69, 9.17) is 5.73 Å². The predicted octanol–water partition coefficient (Wildman–Crippen LogP) is 5.17. The number of nitrogens with one attached hydrogen (secondary N) is 2. The summed E-state index contributed by atoms with van der Waals surface area (Å²) in [6.07, 6.45) is 0. The summed E-state index contributed by atoms with van der Waals surface area (Å²) in [5, 5.41) is 5.86. The molecule has 0 unspecified atom stereocenters. The minimum atomic E-state index is -0.982. The Morgan fingerprint density at radius 2 is 1.39 bits per heavy atom. The molecule has 1 heterocycles. The zero-order chi connectivity index (χ0) is 23.4. The molecule has 0 atom stereocenters. The third-order valence-electron chi connectivity index (χ3n) is 4.83. The summed E-state index contributed by atoms with van der Waals surface area (Å²) in [4.78, 5) is 29.3. The Kier molecular flexibility index (Phi) is 6.08. The smallest absolute Gasteiger partial charge is 0.255 e. The summed E-state index contributed by atoms with van der Waals surface area (Å²) in [5.74, 6) is -3.07. The van der Waals surface area contributed by atoms with Crippen molar-refractivity contribution in [1.82, 2.24) is 4.98 Å². The molecule has 0 radical (unpaired) electrons. The average Bonchev–Trinajstić information content (AvgIpc) is 2.81. The van der Waals surface area contributed by atoms with Crippen LogP contribution in [0.2, 0.25) is 0 Å². The molecule has 0 spiro atoms. The van der Waals surface area contributed by atoms with Gasteiger partial charge < -0.3 is 16.4 Å². The number of rotatable bonds is 6. The summed E-state index contributed by atoms with van der Waals surface area (Å²) in [7, 11) is 0. The van der Waals surface area contributed by atoms with Crippen molar-refractivity contribution in [2.75, 3.05) is 16.4 Å². The Morgan fingerprint density at radius 3 is 2.06 bits per heavy atom. The maximum absolute atomic E-state index is 14.0. The van der Waals surface area contributed by atoms with Crippen molar-refractivity contribution < 1.29 is 18.4 Å². The van der Waals surface area contributed by atoms with Crippen LogP contribution in [0, 0.1) is 11.6 Å². The number of nitrogens with zero attached hydrogens (tertiary/aromatic N) is 1. The first kappa shape index (κ1) is 21.6. The lowest BCUT2D eigenvalue weighted by atomic mass is 10.0. The molecule has 0 bridgehead atoms. The fraction of sp³-hybridized carbons (Fsp3) is 0. The number of carbonyl (C=O) groups is 2. The van der Waals surface area contributed by atoms with Crippen molar-refractivity contribution in [3.8, 4) is 0 Å². The van der Waals surface area contributed by atoms with Crippen molar-refractivity contribution >= 4 is 34.7 Å². The summed E-state index contributed by atoms with van der Waals surface area (Å²) in [6.45, 7) is 0. The van der Waals surface area contributed by atoms with E-state index in [0.29, 0.717) is 16.9 Å². The number of para-hydroxylation sites is 2. The number of pyridine rings is 1. The van der Waals surface area contributed by atoms with Crippen molar-refractivity contribution in [2.45, 2.75) is 0 Å². The molecule has 33 heavy (non-hydrogen) atoms. The van der Waals surface area contributed by atoms with Crippen molar-refractivity contribution in [2.24, 2.45) is 0 Å². The van der Waals surface area contributed by atoms with Crippen LogP contribution in [-0.2, 0) is 0 Å². The highest BCUT2D eigenvalue weighted by atomic mass is 19.1. The molecule has 3 aromatic carbocycles. The minimum absolute atomic E-state index is 0.129. The molecular weight excluding hydrogens is 426 g/mol. The van der Waals surface area contributed by atoms with E-state index in [1.807, 2.05) is 6.07 Å². The second-order valence-corrected chi connectivity index (χ2v) is 7.05. The van der Waals surface area contributed by atoms with Gasteiger partial charge in [0.15, 0.2) is 0 Å². The van der Waals surface area contributed by atoms with Gasteiger partial charge in [-0.25, -0.2) is 13.8 Å². The van der Waals surface area contributed by atoms with Gasteiger partial charge in [0.2, 0.25) is 5.78 Å². The zero-order valence-electron chi connectivity index (χ0n) is 17.2. The van der Waals surface area contributed by atoms with Crippen LogP contribution in [0.15, 0.2) is 84.9 Å². The van der Waals surface area contributed by atoms with Gasteiger partial charge in [0.25, 0.3) is 5.91 Å². The van der Waals surface area contributed by atoms with Crippen LogP contribution in [0.4, 0.5) is 31.8 Å². The molecule has 164 valence electrons. The topological polar surface area (TPSA) is 97.1 Å². The number of nitrogens with two attached hydrogens (primary N) is 1. The maximum Gasteiger partial charge on any atom is 0.255 e. The van der Waals surface area contributed by atoms with Gasteiger partial charge in [-0.2, -0.15) is 0 Å². The molecule has 4 rings (SSSR count). The van der Waals surface area contributed by atoms with Gasteiger partial charge in [-0.3, -0.25) is 9.59 Å². The maximum atomic E-state index is 14.0. The van der Waals surface area contributed by atoms with E-state index in [1.54, 1.807) is 48.5 Å². The van der Waals surface area contributed by atoms with Crippen molar-refractivity contribution in [3.63, 3.8) is 0 Å². The lowest BCUT2D eigenvalue weighted by Gasteiger charge is -2.14.